The Morgan fingerprint density at radius 1 is 1.29 bits per heavy atom. The third kappa shape index (κ3) is 5.40. The summed E-state index contributed by atoms with van der Waals surface area (Å²) in [6, 6.07) is 5.46. The molecule has 2 N–H and O–H groups in total. The number of hydrogen-bond donors (Lipinski definition) is 2. The fourth-order valence-electron chi connectivity index (χ4n) is 2.51. The van der Waals surface area contributed by atoms with Crippen molar-refractivity contribution in [2.75, 3.05) is 18.4 Å². The molecule has 2 rings (SSSR count). The zero-order valence-corrected chi connectivity index (χ0v) is 14.3. The molecule has 0 aliphatic carbocycles. The summed E-state index contributed by atoms with van der Waals surface area (Å²) in [7, 11) is 0. The highest BCUT2D eigenvalue weighted by Gasteiger charge is 2.26. The van der Waals surface area contributed by atoms with Gasteiger partial charge in [-0.15, -0.1) is 0 Å². The molecule has 0 bridgehead atoms. The Kier molecular flexibility index (Phi) is 5.64. The molecule has 1 atom stereocenters. The molecule has 1 aromatic rings. The molecule has 0 spiro atoms. The molecular formula is C17H24FN3O3. The minimum atomic E-state index is -0.569. The molecule has 0 radical (unpaired) electrons. The number of halogens is 1. The molecule has 1 aliphatic heterocycles. The van der Waals surface area contributed by atoms with E-state index in [1.54, 1.807) is 37.8 Å². The minimum absolute atomic E-state index is 0.143. The first-order valence-electron chi connectivity index (χ1n) is 8.04. The lowest BCUT2D eigenvalue weighted by molar-refractivity contribution is 0.0480. The van der Waals surface area contributed by atoms with E-state index in [2.05, 4.69) is 10.6 Å². The summed E-state index contributed by atoms with van der Waals surface area (Å²) in [6.07, 6.45) is 1.03. The average Bonchev–Trinajstić information content (AvgIpc) is 2.48. The molecule has 3 amide bonds. The van der Waals surface area contributed by atoms with Gasteiger partial charge in [0, 0.05) is 19.1 Å². The fourth-order valence-corrected chi connectivity index (χ4v) is 2.51. The van der Waals surface area contributed by atoms with Crippen LogP contribution in [0.4, 0.5) is 19.7 Å². The maximum atomic E-state index is 13.6. The van der Waals surface area contributed by atoms with Crippen molar-refractivity contribution in [1.29, 1.82) is 0 Å². The van der Waals surface area contributed by atoms with E-state index in [4.69, 9.17) is 4.74 Å². The molecule has 1 heterocycles. The SMILES string of the molecule is CC(C)(C)OC(=O)NC1CCCN(C(=O)Nc2ccccc2F)C1. The molecule has 0 saturated carbocycles. The number of piperidine rings is 1. The number of carbonyl (C=O) groups excluding carboxylic acids is 2. The number of carbonyl (C=O) groups is 2. The third-order valence-corrected chi connectivity index (χ3v) is 3.54. The van der Waals surface area contributed by atoms with Crippen molar-refractivity contribution >= 4 is 17.8 Å². The average molecular weight is 337 g/mol. The van der Waals surface area contributed by atoms with E-state index >= 15 is 0 Å². The van der Waals surface area contributed by atoms with E-state index in [0.717, 1.165) is 12.8 Å². The van der Waals surface area contributed by atoms with Crippen LogP contribution in [-0.4, -0.2) is 41.8 Å². The summed E-state index contributed by atoms with van der Waals surface area (Å²) in [5.41, 5.74) is -0.426. The minimum Gasteiger partial charge on any atom is -0.444 e. The van der Waals surface area contributed by atoms with Crippen LogP contribution in [0.3, 0.4) is 0 Å². The lowest BCUT2D eigenvalue weighted by Gasteiger charge is -2.33. The van der Waals surface area contributed by atoms with Gasteiger partial charge in [-0.2, -0.15) is 0 Å². The Balaban J connectivity index is 1.89. The molecule has 132 valence electrons. The van der Waals surface area contributed by atoms with Crippen molar-refractivity contribution in [1.82, 2.24) is 10.2 Å². The zero-order chi connectivity index (χ0) is 17.7. The number of alkyl carbamates (subject to hydrolysis) is 1. The van der Waals surface area contributed by atoms with E-state index < -0.39 is 17.5 Å². The molecule has 1 fully saturated rings. The van der Waals surface area contributed by atoms with Gasteiger partial charge in [0.15, 0.2) is 0 Å². The Labute approximate surface area is 141 Å². The van der Waals surface area contributed by atoms with Crippen molar-refractivity contribution in [3.8, 4) is 0 Å². The second-order valence-electron chi connectivity index (χ2n) is 6.84. The number of ether oxygens (including phenoxy) is 1. The monoisotopic (exact) mass is 337 g/mol. The molecule has 1 unspecified atom stereocenters. The molecular weight excluding hydrogens is 313 g/mol. The number of nitrogens with one attached hydrogen (secondary N) is 2. The molecule has 1 saturated heterocycles. The molecule has 1 aromatic carbocycles. The van der Waals surface area contributed by atoms with Crippen LogP contribution in [0.5, 0.6) is 0 Å². The number of amides is 3. The quantitative estimate of drug-likeness (QED) is 0.869. The van der Waals surface area contributed by atoms with Gasteiger partial charge in [0.2, 0.25) is 0 Å². The highest BCUT2D eigenvalue weighted by Crippen LogP contribution is 2.16. The summed E-state index contributed by atoms with van der Waals surface area (Å²) in [5.74, 6) is -0.480. The van der Waals surface area contributed by atoms with Crippen LogP contribution in [0.25, 0.3) is 0 Å². The molecule has 0 aromatic heterocycles. The fraction of sp³-hybridized carbons (Fsp3) is 0.529. The number of likely N-dealkylation sites (tertiary alicyclic amines) is 1. The van der Waals surface area contributed by atoms with Gasteiger partial charge in [-0.05, 0) is 45.7 Å². The number of rotatable bonds is 2. The zero-order valence-electron chi connectivity index (χ0n) is 14.3. The van der Waals surface area contributed by atoms with Gasteiger partial charge in [0.25, 0.3) is 0 Å². The van der Waals surface area contributed by atoms with Crippen molar-refractivity contribution in [2.24, 2.45) is 0 Å². The first-order chi connectivity index (χ1) is 11.2. The van der Waals surface area contributed by atoms with Gasteiger partial charge in [-0.1, -0.05) is 12.1 Å². The Morgan fingerprint density at radius 3 is 2.67 bits per heavy atom. The first-order valence-corrected chi connectivity index (χ1v) is 8.04. The number of anilines is 1. The maximum Gasteiger partial charge on any atom is 0.407 e. The summed E-state index contributed by atoms with van der Waals surface area (Å²) in [5, 5.41) is 5.34. The van der Waals surface area contributed by atoms with Gasteiger partial charge in [0.05, 0.1) is 5.69 Å². The summed E-state index contributed by atoms with van der Waals surface area (Å²) >= 11 is 0. The van der Waals surface area contributed by atoms with Crippen LogP contribution >= 0.6 is 0 Å². The van der Waals surface area contributed by atoms with Crippen molar-refractivity contribution in [3.05, 3.63) is 30.1 Å². The predicted molar refractivity (Wildman–Crippen MR) is 89.4 cm³/mol. The maximum absolute atomic E-state index is 13.6. The summed E-state index contributed by atoms with van der Waals surface area (Å²) in [4.78, 5) is 25.7. The highest BCUT2D eigenvalue weighted by atomic mass is 19.1. The molecule has 1 aliphatic rings. The van der Waals surface area contributed by atoms with E-state index in [1.807, 2.05) is 0 Å². The number of nitrogens with zero attached hydrogens (tertiary/aromatic N) is 1. The lowest BCUT2D eigenvalue weighted by Crippen LogP contribution is -2.51. The number of hydrogen-bond acceptors (Lipinski definition) is 3. The van der Waals surface area contributed by atoms with Gasteiger partial charge in [-0.25, -0.2) is 14.0 Å². The second kappa shape index (κ2) is 7.51. The summed E-state index contributed by atoms with van der Waals surface area (Å²) < 4.78 is 18.8. The van der Waals surface area contributed by atoms with Crippen LogP contribution in [0, 0.1) is 5.82 Å². The highest BCUT2D eigenvalue weighted by molar-refractivity contribution is 5.89. The predicted octanol–water partition coefficient (Wildman–Crippen LogP) is 3.35. The third-order valence-electron chi connectivity index (χ3n) is 3.54. The van der Waals surface area contributed by atoms with Crippen LogP contribution < -0.4 is 10.6 Å². The summed E-state index contributed by atoms with van der Waals surface area (Å²) in [6.45, 7) is 6.30. The lowest BCUT2D eigenvalue weighted by atomic mass is 10.1. The molecule has 6 nitrogen and oxygen atoms in total. The van der Waals surface area contributed by atoms with Crippen LogP contribution in [0.15, 0.2) is 24.3 Å². The first kappa shape index (κ1) is 18.0. The number of benzene rings is 1. The van der Waals surface area contributed by atoms with Gasteiger partial charge in [-0.3, -0.25) is 0 Å². The van der Waals surface area contributed by atoms with Crippen molar-refractivity contribution in [3.63, 3.8) is 0 Å². The van der Waals surface area contributed by atoms with Crippen LogP contribution in [0.2, 0.25) is 0 Å². The second-order valence-corrected chi connectivity index (χ2v) is 6.84. The van der Waals surface area contributed by atoms with E-state index in [-0.39, 0.29) is 17.8 Å². The van der Waals surface area contributed by atoms with E-state index in [9.17, 15) is 14.0 Å². The van der Waals surface area contributed by atoms with Crippen LogP contribution in [-0.2, 0) is 4.74 Å². The van der Waals surface area contributed by atoms with Crippen LogP contribution in [0.1, 0.15) is 33.6 Å². The largest absolute Gasteiger partial charge is 0.444 e. The molecule has 24 heavy (non-hydrogen) atoms. The van der Waals surface area contributed by atoms with Crippen molar-refractivity contribution < 1.29 is 18.7 Å². The van der Waals surface area contributed by atoms with Gasteiger partial charge in [0.1, 0.15) is 11.4 Å². The standard InChI is InChI=1S/C17H24FN3O3/c1-17(2,3)24-16(23)19-12-7-6-10-21(11-12)15(22)20-14-9-5-4-8-13(14)18/h4-5,8-9,12H,6-7,10-11H2,1-3H3,(H,19,23)(H,20,22). The Hall–Kier alpha value is -2.31. The topological polar surface area (TPSA) is 70.7 Å². The van der Waals surface area contributed by atoms with Gasteiger partial charge < -0.3 is 20.3 Å². The molecule has 7 heteroatoms. The van der Waals surface area contributed by atoms with E-state index in [0.29, 0.717) is 13.1 Å². The number of para-hydroxylation sites is 1. The smallest absolute Gasteiger partial charge is 0.407 e. The normalized spacial score (nSPS) is 18.0. The Morgan fingerprint density at radius 2 is 2.00 bits per heavy atom. The van der Waals surface area contributed by atoms with E-state index in [1.165, 1.54) is 12.1 Å². The number of urea groups is 1. The van der Waals surface area contributed by atoms with Crippen molar-refractivity contribution in [2.45, 2.75) is 45.3 Å². The Bertz CT molecular complexity index is 601. The van der Waals surface area contributed by atoms with Gasteiger partial charge >= 0.3 is 12.1 Å².